The zero-order valence-electron chi connectivity index (χ0n) is 10.6. The maximum Gasteiger partial charge on any atom is 0.213 e. The van der Waals surface area contributed by atoms with Gasteiger partial charge in [0.1, 0.15) is 5.69 Å². The van der Waals surface area contributed by atoms with E-state index in [1.807, 2.05) is 12.1 Å². The number of hydrogen-bond acceptors (Lipinski definition) is 3. The maximum absolute atomic E-state index is 12.7. The number of hydrogen-bond donors (Lipinski definition) is 0. The second kappa shape index (κ2) is 7.02. The van der Waals surface area contributed by atoms with Crippen molar-refractivity contribution in [2.24, 2.45) is 0 Å². The van der Waals surface area contributed by atoms with Crippen LogP contribution < -0.4 is 0 Å². The molecule has 0 fully saturated rings. The highest BCUT2D eigenvalue weighted by atomic mass is 127. The fourth-order valence-corrected chi connectivity index (χ4v) is 2.90. The van der Waals surface area contributed by atoms with Crippen LogP contribution in [0.4, 0.5) is 0 Å². The third-order valence-corrected chi connectivity index (χ3v) is 4.40. The van der Waals surface area contributed by atoms with Gasteiger partial charge in [-0.1, -0.05) is 27.5 Å². The minimum absolute atomic E-state index is 0.144. The molecule has 0 amide bonds. The maximum atomic E-state index is 12.7. The molecule has 2 rings (SSSR count). The predicted molar refractivity (Wildman–Crippen MR) is 89.4 cm³/mol. The van der Waals surface area contributed by atoms with Gasteiger partial charge in [0.15, 0.2) is 0 Å². The van der Waals surface area contributed by atoms with Crippen molar-refractivity contribution in [2.75, 3.05) is 13.7 Å². The van der Waals surface area contributed by atoms with E-state index in [-0.39, 0.29) is 5.78 Å². The second-order valence-corrected chi connectivity index (χ2v) is 6.50. The summed E-state index contributed by atoms with van der Waals surface area (Å²) in [4.78, 5) is 12.7. The fourth-order valence-electron chi connectivity index (χ4n) is 1.73. The van der Waals surface area contributed by atoms with Crippen LogP contribution in [0.25, 0.3) is 0 Å². The highest BCUT2D eigenvalue weighted by molar-refractivity contribution is 14.1. The van der Waals surface area contributed by atoms with Crippen molar-refractivity contribution in [1.29, 1.82) is 0 Å². The Kier molecular flexibility index (Phi) is 5.59. The number of ketones is 1. The molecule has 0 aliphatic rings. The van der Waals surface area contributed by atoms with Gasteiger partial charge in [-0.2, -0.15) is 5.10 Å². The standard InChI is InChI=1S/C13H11BrClIN2O2/c1-20-5-4-18-12(10(15)7-17-18)13(19)9-6-8(14)2-3-11(9)16/h2-3,6-7H,4-5H2,1H3. The molecule has 0 saturated heterocycles. The average molecular weight is 470 g/mol. The molecule has 4 nitrogen and oxygen atoms in total. The van der Waals surface area contributed by atoms with E-state index in [2.05, 4.69) is 43.6 Å². The van der Waals surface area contributed by atoms with E-state index in [4.69, 9.17) is 16.3 Å². The largest absolute Gasteiger partial charge is 0.383 e. The zero-order chi connectivity index (χ0) is 14.7. The summed E-state index contributed by atoms with van der Waals surface area (Å²) in [5.74, 6) is -0.144. The van der Waals surface area contributed by atoms with Gasteiger partial charge in [-0.15, -0.1) is 0 Å². The van der Waals surface area contributed by atoms with Crippen LogP contribution in [-0.4, -0.2) is 29.3 Å². The van der Waals surface area contributed by atoms with Crippen LogP contribution in [0.3, 0.4) is 0 Å². The quantitative estimate of drug-likeness (QED) is 0.495. The summed E-state index contributed by atoms with van der Waals surface area (Å²) >= 11 is 11.6. The molecule has 20 heavy (non-hydrogen) atoms. The van der Waals surface area contributed by atoms with Crippen LogP contribution in [0.2, 0.25) is 5.02 Å². The number of methoxy groups -OCH3 is 1. The normalized spacial score (nSPS) is 10.8. The van der Waals surface area contributed by atoms with Gasteiger partial charge >= 0.3 is 0 Å². The summed E-state index contributed by atoms with van der Waals surface area (Å²) in [5.41, 5.74) is 0.987. The molecular weight excluding hydrogens is 458 g/mol. The number of ether oxygens (including phenoxy) is 1. The van der Waals surface area contributed by atoms with Gasteiger partial charge < -0.3 is 4.74 Å². The highest BCUT2D eigenvalue weighted by Crippen LogP contribution is 2.24. The molecule has 0 unspecified atom stereocenters. The molecule has 0 saturated carbocycles. The van der Waals surface area contributed by atoms with Crippen molar-refractivity contribution < 1.29 is 9.53 Å². The summed E-state index contributed by atoms with van der Waals surface area (Å²) in [6, 6.07) is 5.55. The first-order chi connectivity index (χ1) is 9.54. The molecule has 7 heteroatoms. The Hall–Kier alpha value is -0.440. The van der Waals surface area contributed by atoms with Crippen LogP contribution in [0, 0.1) is 3.57 Å². The predicted octanol–water partition coefficient (Wildman–Crippen LogP) is 3.78. The lowest BCUT2D eigenvalue weighted by molar-refractivity contribution is 0.102. The first kappa shape index (κ1) is 15.9. The zero-order valence-corrected chi connectivity index (χ0v) is 15.1. The van der Waals surface area contributed by atoms with E-state index in [1.54, 1.807) is 17.9 Å². The van der Waals surface area contributed by atoms with Crippen molar-refractivity contribution in [3.8, 4) is 0 Å². The SMILES string of the molecule is COCCn1ncc(Cl)c1C(=O)c1cc(Br)ccc1I. The van der Waals surface area contributed by atoms with E-state index in [1.165, 1.54) is 6.20 Å². The van der Waals surface area contributed by atoms with Gasteiger partial charge in [0.2, 0.25) is 5.78 Å². The Bertz CT molecular complexity index is 645. The first-order valence-corrected chi connectivity index (χ1v) is 7.99. The Labute approximate surface area is 143 Å². The van der Waals surface area contributed by atoms with E-state index >= 15 is 0 Å². The van der Waals surface area contributed by atoms with Gasteiger partial charge in [0.05, 0.1) is 24.4 Å². The average Bonchev–Trinajstić information content (AvgIpc) is 2.79. The second-order valence-electron chi connectivity index (χ2n) is 4.01. The molecule has 0 aliphatic carbocycles. The molecule has 0 spiro atoms. The molecule has 106 valence electrons. The molecule has 0 atom stereocenters. The van der Waals surface area contributed by atoms with Crippen LogP contribution in [0.1, 0.15) is 16.1 Å². The van der Waals surface area contributed by atoms with Crippen LogP contribution in [0.15, 0.2) is 28.9 Å². The summed E-state index contributed by atoms with van der Waals surface area (Å²) in [5, 5.41) is 4.47. The van der Waals surface area contributed by atoms with Gasteiger partial charge in [-0.05, 0) is 40.8 Å². The summed E-state index contributed by atoms with van der Waals surface area (Å²) in [6.07, 6.45) is 1.48. The summed E-state index contributed by atoms with van der Waals surface area (Å²) in [6.45, 7) is 0.947. The van der Waals surface area contributed by atoms with Crippen molar-refractivity contribution in [2.45, 2.75) is 6.54 Å². The number of nitrogens with zero attached hydrogens (tertiary/aromatic N) is 2. The third kappa shape index (κ3) is 3.41. The lowest BCUT2D eigenvalue weighted by Crippen LogP contribution is -2.15. The van der Waals surface area contributed by atoms with E-state index in [0.29, 0.717) is 29.4 Å². The van der Waals surface area contributed by atoms with Crippen LogP contribution in [-0.2, 0) is 11.3 Å². The summed E-state index contributed by atoms with van der Waals surface area (Å²) in [7, 11) is 1.60. The highest BCUT2D eigenvalue weighted by Gasteiger charge is 2.21. The smallest absolute Gasteiger partial charge is 0.213 e. The van der Waals surface area contributed by atoms with Crippen molar-refractivity contribution in [3.63, 3.8) is 0 Å². The third-order valence-electron chi connectivity index (χ3n) is 2.69. The Morgan fingerprint density at radius 2 is 2.30 bits per heavy atom. The lowest BCUT2D eigenvalue weighted by Gasteiger charge is -2.08. The Morgan fingerprint density at radius 1 is 1.55 bits per heavy atom. The van der Waals surface area contributed by atoms with Gasteiger partial charge in [0.25, 0.3) is 0 Å². The Morgan fingerprint density at radius 3 is 3.00 bits per heavy atom. The first-order valence-electron chi connectivity index (χ1n) is 5.74. The molecule has 0 N–H and O–H groups in total. The molecule has 1 aromatic heterocycles. The Balaban J connectivity index is 2.42. The number of carbonyl (C=O) groups excluding carboxylic acids is 1. The topological polar surface area (TPSA) is 44.1 Å². The van der Waals surface area contributed by atoms with E-state index < -0.39 is 0 Å². The number of benzene rings is 1. The van der Waals surface area contributed by atoms with Gasteiger partial charge in [-0.3, -0.25) is 9.48 Å². The van der Waals surface area contributed by atoms with Crippen molar-refractivity contribution in [1.82, 2.24) is 9.78 Å². The van der Waals surface area contributed by atoms with Crippen molar-refractivity contribution >= 4 is 55.9 Å². The number of aromatic nitrogens is 2. The molecule has 0 radical (unpaired) electrons. The summed E-state index contributed by atoms with van der Waals surface area (Å²) < 4.78 is 8.30. The number of carbonyl (C=O) groups is 1. The fraction of sp³-hybridized carbons (Fsp3) is 0.231. The molecule has 1 heterocycles. The van der Waals surface area contributed by atoms with E-state index in [9.17, 15) is 4.79 Å². The molecule has 1 aromatic carbocycles. The van der Waals surface area contributed by atoms with Gasteiger partial charge in [0, 0.05) is 20.7 Å². The number of halogens is 3. The minimum atomic E-state index is -0.144. The molecule has 0 bridgehead atoms. The van der Waals surface area contributed by atoms with Crippen LogP contribution in [0.5, 0.6) is 0 Å². The minimum Gasteiger partial charge on any atom is -0.383 e. The molecule has 2 aromatic rings. The van der Waals surface area contributed by atoms with Crippen molar-refractivity contribution in [3.05, 3.63) is 48.7 Å². The van der Waals surface area contributed by atoms with E-state index in [0.717, 1.165) is 8.04 Å². The number of rotatable bonds is 5. The molecule has 0 aliphatic heterocycles. The van der Waals surface area contributed by atoms with Gasteiger partial charge in [-0.25, -0.2) is 0 Å². The lowest BCUT2D eigenvalue weighted by atomic mass is 10.1. The van der Waals surface area contributed by atoms with Crippen LogP contribution >= 0.6 is 50.1 Å². The monoisotopic (exact) mass is 468 g/mol. The molecular formula is C13H11BrClIN2O2.